The fourth-order valence-electron chi connectivity index (χ4n) is 3.80. The Morgan fingerprint density at radius 1 is 1.12 bits per heavy atom. The monoisotopic (exact) mass is 337 g/mol. The van der Waals surface area contributed by atoms with Gasteiger partial charge in [-0.25, -0.2) is 0 Å². The van der Waals surface area contributed by atoms with Gasteiger partial charge in [0.15, 0.2) is 0 Å². The van der Waals surface area contributed by atoms with Gasteiger partial charge in [-0.1, -0.05) is 30.3 Å². The average molecular weight is 337 g/mol. The van der Waals surface area contributed by atoms with Crippen LogP contribution in [-0.4, -0.2) is 41.1 Å². The van der Waals surface area contributed by atoms with E-state index in [-0.39, 0.29) is 24.0 Å². The number of benzene rings is 1. The van der Waals surface area contributed by atoms with Crippen molar-refractivity contribution in [2.24, 2.45) is 5.92 Å². The van der Waals surface area contributed by atoms with Crippen LogP contribution in [0.5, 0.6) is 0 Å². The second-order valence-corrected chi connectivity index (χ2v) is 6.89. The molecule has 130 valence electrons. The van der Waals surface area contributed by atoms with E-state index in [1.165, 1.54) is 5.56 Å². The first-order valence-electron chi connectivity index (χ1n) is 8.86. The quantitative estimate of drug-likeness (QED) is 0.907. The van der Waals surface area contributed by atoms with Gasteiger partial charge in [-0.3, -0.25) is 14.7 Å². The Bertz CT molecular complexity index is 707. The molecule has 1 amide bonds. The zero-order chi connectivity index (χ0) is 17.1. The van der Waals surface area contributed by atoms with E-state index in [9.17, 15) is 4.79 Å². The Kier molecular flexibility index (Phi) is 4.76. The molecule has 5 nitrogen and oxygen atoms in total. The van der Waals surface area contributed by atoms with E-state index in [4.69, 9.17) is 4.74 Å². The number of nitrogens with one attached hydrogen (secondary N) is 1. The second kappa shape index (κ2) is 7.33. The van der Waals surface area contributed by atoms with Gasteiger partial charge in [0.05, 0.1) is 18.1 Å². The molecule has 0 spiro atoms. The summed E-state index contributed by atoms with van der Waals surface area (Å²) in [7, 11) is 0. The molecule has 4 rings (SSSR count). The van der Waals surface area contributed by atoms with Gasteiger partial charge >= 0.3 is 0 Å². The Balaban J connectivity index is 1.33. The molecule has 3 heterocycles. The number of fused-ring (bicyclic) bond motifs is 2. The number of hydrogen-bond acceptors (Lipinski definition) is 4. The molecule has 5 heteroatoms. The van der Waals surface area contributed by atoms with Crippen molar-refractivity contribution < 1.29 is 9.53 Å². The molecule has 2 aromatic rings. The number of likely N-dealkylation sites (tertiary alicyclic amines) is 1. The van der Waals surface area contributed by atoms with Crippen molar-refractivity contribution in [1.82, 2.24) is 15.2 Å². The van der Waals surface area contributed by atoms with Crippen molar-refractivity contribution in [3.05, 3.63) is 66.0 Å². The van der Waals surface area contributed by atoms with Crippen LogP contribution in [0.1, 0.15) is 17.5 Å². The molecule has 0 saturated carbocycles. The van der Waals surface area contributed by atoms with Crippen molar-refractivity contribution >= 4 is 5.91 Å². The number of morpholine rings is 1. The Morgan fingerprint density at radius 3 is 2.72 bits per heavy atom. The molecule has 2 aliphatic rings. The largest absolute Gasteiger partial charge is 0.371 e. The van der Waals surface area contributed by atoms with Gasteiger partial charge in [0.1, 0.15) is 0 Å². The minimum Gasteiger partial charge on any atom is -0.371 e. The van der Waals surface area contributed by atoms with Gasteiger partial charge in [-0.2, -0.15) is 0 Å². The highest BCUT2D eigenvalue weighted by Gasteiger charge is 2.44. The average Bonchev–Trinajstić information content (AvgIpc) is 2.96. The van der Waals surface area contributed by atoms with Gasteiger partial charge in [0.25, 0.3) is 0 Å². The number of carbonyl (C=O) groups excluding carboxylic acids is 1. The Hall–Kier alpha value is -2.24. The number of nitrogens with zero attached hydrogens (tertiary/aromatic N) is 2. The summed E-state index contributed by atoms with van der Waals surface area (Å²) in [5.41, 5.74) is 2.37. The molecule has 3 atom stereocenters. The molecule has 2 bridgehead atoms. The summed E-state index contributed by atoms with van der Waals surface area (Å²) in [4.78, 5) is 19.1. The molecule has 3 unspecified atom stereocenters. The first-order chi connectivity index (χ1) is 12.3. The lowest BCUT2D eigenvalue weighted by molar-refractivity contribution is -0.128. The first-order valence-corrected chi connectivity index (χ1v) is 8.86. The van der Waals surface area contributed by atoms with E-state index >= 15 is 0 Å². The van der Waals surface area contributed by atoms with E-state index < -0.39 is 0 Å². The lowest BCUT2D eigenvalue weighted by Gasteiger charge is -2.32. The number of carbonyl (C=O) groups is 1. The van der Waals surface area contributed by atoms with E-state index in [1.54, 1.807) is 0 Å². The van der Waals surface area contributed by atoms with Crippen molar-refractivity contribution in [3.8, 4) is 0 Å². The van der Waals surface area contributed by atoms with Crippen LogP contribution in [0.2, 0.25) is 0 Å². The van der Waals surface area contributed by atoms with Crippen LogP contribution in [0, 0.1) is 5.92 Å². The molecule has 1 aromatic heterocycles. The third kappa shape index (κ3) is 3.89. The van der Waals surface area contributed by atoms with Crippen LogP contribution in [-0.2, 0) is 22.6 Å². The van der Waals surface area contributed by atoms with Crippen LogP contribution in [0.3, 0.4) is 0 Å². The summed E-state index contributed by atoms with van der Waals surface area (Å²) in [6.07, 6.45) is 4.62. The van der Waals surface area contributed by atoms with Gasteiger partial charge in [-0.05, 0) is 29.7 Å². The summed E-state index contributed by atoms with van der Waals surface area (Å²) in [6.45, 7) is 3.16. The SMILES string of the molecule is O=C(NCc1ccccc1)C1CC2CN(Cc3ccncc3)CC1O2. The summed E-state index contributed by atoms with van der Waals surface area (Å²) in [6, 6.07) is 14.1. The molecule has 0 aliphatic carbocycles. The maximum atomic E-state index is 12.6. The number of aromatic nitrogens is 1. The van der Waals surface area contributed by atoms with Gasteiger partial charge < -0.3 is 10.1 Å². The van der Waals surface area contributed by atoms with Crippen molar-refractivity contribution in [1.29, 1.82) is 0 Å². The molecule has 25 heavy (non-hydrogen) atoms. The summed E-state index contributed by atoms with van der Waals surface area (Å²) in [5.74, 6) is 0.0678. The van der Waals surface area contributed by atoms with Crippen molar-refractivity contribution in [2.75, 3.05) is 13.1 Å². The van der Waals surface area contributed by atoms with Crippen LogP contribution < -0.4 is 5.32 Å². The standard InChI is InChI=1S/C20H23N3O2/c24-20(22-11-15-4-2-1-3-5-15)18-10-17-13-23(14-19(18)25-17)12-16-6-8-21-9-7-16/h1-9,17-19H,10-14H2,(H,22,24). The number of rotatable bonds is 5. The van der Waals surface area contributed by atoms with Crippen molar-refractivity contribution in [2.45, 2.75) is 31.7 Å². The minimum absolute atomic E-state index is 0.00337. The third-order valence-corrected chi connectivity index (χ3v) is 5.03. The predicted molar refractivity (Wildman–Crippen MR) is 94.6 cm³/mol. The van der Waals surface area contributed by atoms with Crippen LogP contribution >= 0.6 is 0 Å². The zero-order valence-electron chi connectivity index (χ0n) is 14.2. The van der Waals surface area contributed by atoms with E-state index in [2.05, 4.69) is 15.2 Å². The summed E-state index contributed by atoms with van der Waals surface area (Å²) >= 11 is 0. The van der Waals surface area contributed by atoms with Crippen LogP contribution in [0.4, 0.5) is 0 Å². The number of amides is 1. The van der Waals surface area contributed by atoms with E-state index in [0.29, 0.717) is 6.54 Å². The zero-order valence-corrected chi connectivity index (χ0v) is 14.2. The molecule has 1 N–H and O–H groups in total. The normalized spacial score (nSPS) is 25.7. The molecule has 2 saturated heterocycles. The van der Waals surface area contributed by atoms with E-state index in [1.807, 2.05) is 54.9 Å². The topological polar surface area (TPSA) is 54.5 Å². The highest BCUT2D eigenvalue weighted by atomic mass is 16.5. The van der Waals surface area contributed by atoms with Crippen LogP contribution in [0.15, 0.2) is 54.9 Å². The fraction of sp³-hybridized carbons (Fsp3) is 0.400. The van der Waals surface area contributed by atoms with Gasteiger partial charge in [-0.15, -0.1) is 0 Å². The van der Waals surface area contributed by atoms with Crippen molar-refractivity contribution in [3.63, 3.8) is 0 Å². The molecule has 1 aromatic carbocycles. The smallest absolute Gasteiger partial charge is 0.226 e. The maximum Gasteiger partial charge on any atom is 0.226 e. The van der Waals surface area contributed by atoms with Gasteiger partial charge in [0.2, 0.25) is 5.91 Å². The predicted octanol–water partition coefficient (Wildman–Crippen LogP) is 1.99. The molecule has 2 aliphatic heterocycles. The number of ether oxygens (including phenoxy) is 1. The highest BCUT2D eigenvalue weighted by molar-refractivity contribution is 5.79. The van der Waals surface area contributed by atoms with Crippen LogP contribution in [0.25, 0.3) is 0 Å². The third-order valence-electron chi connectivity index (χ3n) is 5.03. The lowest BCUT2D eigenvalue weighted by atomic mass is 9.99. The minimum atomic E-state index is -0.0452. The Labute approximate surface area is 148 Å². The number of hydrogen-bond donors (Lipinski definition) is 1. The first kappa shape index (κ1) is 16.2. The molecule has 2 fully saturated rings. The maximum absolute atomic E-state index is 12.6. The highest BCUT2D eigenvalue weighted by Crippen LogP contribution is 2.32. The Morgan fingerprint density at radius 2 is 1.92 bits per heavy atom. The fourth-order valence-corrected chi connectivity index (χ4v) is 3.80. The number of pyridine rings is 1. The molecular formula is C20H23N3O2. The molecule has 0 radical (unpaired) electrons. The summed E-state index contributed by atoms with van der Waals surface area (Å²) < 4.78 is 6.04. The summed E-state index contributed by atoms with van der Waals surface area (Å²) in [5, 5.41) is 3.07. The van der Waals surface area contributed by atoms with Gasteiger partial charge in [0, 0.05) is 38.6 Å². The second-order valence-electron chi connectivity index (χ2n) is 6.89. The molecular weight excluding hydrogens is 314 g/mol. The van der Waals surface area contributed by atoms with E-state index in [0.717, 1.165) is 31.6 Å². The lowest BCUT2D eigenvalue weighted by Crippen LogP contribution is -2.44.